The van der Waals surface area contributed by atoms with Crippen molar-refractivity contribution in [1.29, 1.82) is 0 Å². The molecule has 66 heavy (non-hydrogen) atoms. The average Bonchev–Trinajstić information content (AvgIpc) is 3.86. The van der Waals surface area contributed by atoms with Gasteiger partial charge in [0, 0.05) is 30.0 Å². The summed E-state index contributed by atoms with van der Waals surface area (Å²) in [6.45, 7) is 21.1. The van der Waals surface area contributed by atoms with E-state index in [1.807, 2.05) is 60.6 Å². The Morgan fingerprint density at radius 1 is 0.742 bits per heavy atom. The van der Waals surface area contributed by atoms with E-state index in [1.165, 1.54) is 86.5 Å². The molecule has 0 bridgehead atoms. The molecule has 0 saturated heterocycles. The van der Waals surface area contributed by atoms with Gasteiger partial charge in [0.2, 0.25) is 0 Å². The number of aryl methyl sites for hydroxylation is 1. The molecule has 1 heterocycles. The molecular weight excluding hydrogens is 819 g/mol. The van der Waals surface area contributed by atoms with Crippen molar-refractivity contribution in [2.45, 2.75) is 203 Å². The number of aliphatic hydroxyl groups is 1. The third-order valence-electron chi connectivity index (χ3n) is 15.1. The topological polar surface area (TPSA) is 116 Å². The van der Waals surface area contributed by atoms with Crippen molar-refractivity contribution >= 4 is 23.1 Å². The molecule has 0 radical (unpaired) electrons. The molecule has 2 fully saturated rings. The van der Waals surface area contributed by atoms with Crippen molar-refractivity contribution in [2.75, 3.05) is 0 Å². The highest BCUT2D eigenvalue weighted by atomic mass is 16.3. The number of nitrogens with zero attached hydrogens (tertiary/aromatic N) is 1. The second-order valence-electron chi connectivity index (χ2n) is 20.0. The fraction of sp³-hybridized carbons (Fsp3) is 0.655. The summed E-state index contributed by atoms with van der Waals surface area (Å²) in [4.78, 5) is 55.6. The van der Waals surface area contributed by atoms with Crippen LogP contribution in [-0.4, -0.2) is 51.6 Å². The molecule has 6 aliphatic carbocycles. The predicted octanol–water partition coefficient (Wildman–Crippen LogP) is 12.4. The first-order valence-electron chi connectivity index (χ1n) is 26.7. The van der Waals surface area contributed by atoms with Crippen LogP contribution in [0, 0.1) is 48.3 Å². The number of carbonyl (C=O) groups excluding carboxylic acids is 4. The van der Waals surface area contributed by atoms with E-state index in [2.05, 4.69) is 72.7 Å². The molecule has 364 valence electrons. The molecule has 0 amide bonds. The van der Waals surface area contributed by atoms with Crippen LogP contribution in [0.5, 0.6) is 0 Å². The predicted molar refractivity (Wildman–Crippen MR) is 270 cm³/mol. The van der Waals surface area contributed by atoms with Crippen LogP contribution in [0.25, 0.3) is 0 Å². The summed E-state index contributed by atoms with van der Waals surface area (Å²) in [7, 11) is 0. The maximum atomic E-state index is 13.6. The van der Waals surface area contributed by atoms with Crippen LogP contribution in [-0.2, 0) is 25.7 Å². The molecule has 1 aliphatic heterocycles. The van der Waals surface area contributed by atoms with Crippen molar-refractivity contribution in [3.63, 3.8) is 0 Å². The van der Waals surface area contributed by atoms with E-state index in [0.29, 0.717) is 43.7 Å². The lowest BCUT2D eigenvalue weighted by Crippen LogP contribution is -2.53. The van der Waals surface area contributed by atoms with Crippen LogP contribution in [0.4, 0.5) is 0 Å². The van der Waals surface area contributed by atoms with E-state index >= 15 is 0 Å². The number of ketones is 4. The van der Waals surface area contributed by atoms with Crippen LogP contribution in [0.15, 0.2) is 82.3 Å². The molecule has 7 unspecified atom stereocenters. The fourth-order valence-corrected chi connectivity index (χ4v) is 11.7. The van der Waals surface area contributed by atoms with Gasteiger partial charge in [-0.1, -0.05) is 179 Å². The lowest BCUT2D eigenvalue weighted by Gasteiger charge is -2.34. The quantitative estimate of drug-likeness (QED) is 0.168. The van der Waals surface area contributed by atoms with E-state index < -0.39 is 17.9 Å². The molecule has 2 saturated carbocycles. The molecule has 8 rings (SSSR count). The number of benzene rings is 1. The number of rotatable bonds is 13. The van der Waals surface area contributed by atoms with Crippen LogP contribution < -0.4 is 10.6 Å². The van der Waals surface area contributed by atoms with Gasteiger partial charge in [0.15, 0.2) is 29.4 Å². The Bertz CT molecular complexity index is 1970. The first kappa shape index (κ1) is 53.1. The van der Waals surface area contributed by atoms with Crippen molar-refractivity contribution in [3.05, 3.63) is 93.4 Å². The monoisotopic (exact) mass is 906 g/mol. The van der Waals surface area contributed by atoms with Gasteiger partial charge in [-0.25, -0.2) is 0 Å². The molecule has 0 aromatic heterocycles. The summed E-state index contributed by atoms with van der Waals surface area (Å²) < 4.78 is 0. The van der Waals surface area contributed by atoms with Gasteiger partial charge in [-0.05, 0) is 87.7 Å². The third-order valence-corrected chi connectivity index (χ3v) is 15.1. The molecule has 0 spiro atoms. The smallest absolute Gasteiger partial charge is 0.191 e. The fourth-order valence-electron chi connectivity index (χ4n) is 11.7. The molecule has 7 atom stereocenters. The second-order valence-corrected chi connectivity index (χ2v) is 20.0. The summed E-state index contributed by atoms with van der Waals surface area (Å²) in [5.41, 5.74) is 8.59. The Balaban J connectivity index is 0.000000231. The first-order chi connectivity index (χ1) is 31.9. The molecule has 3 N–H and O–H groups in total. The number of hydrogen-bond donors (Lipinski definition) is 3. The normalized spacial score (nSPS) is 27.8. The van der Waals surface area contributed by atoms with Crippen LogP contribution in [0.1, 0.15) is 183 Å². The minimum absolute atomic E-state index is 0.00486. The van der Waals surface area contributed by atoms with Crippen molar-refractivity contribution < 1.29 is 24.3 Å². The number of nitrogens with one attached hydrogen (secondary N) is 2. The summed E-state index contributed by atoms with van der Waals surface area (Å²) in [6.07, 6.45) is 25.7. The minimum Gasteiger partial charge on any atom is -0.389 e. The van der Waals surface area contributed by atoms with Gasteiger partial charge in [-0.2, -0.15) is 0 Å². The standard InChI is InChI=1S/C29H40O3.C25H35N3O2.2C2H6/c1-4-23-28(31)26(14-18(2)3)25-17-21(15-19-8-6-5-7-9-19)24(27(25)29(23)32)16-20-10-12-22(30)13-11-20;1-4-19-21-22(24(30)20(5-2)23(19)29)28(15-17-13-11-16(3)12-14-17)25(27-21)26-18-9-7-6-8-10-18;2*1-2/h10-12,17-19,22-24,26,30H,4-9,13-16H2,1-3H3;11-14,18-20,25-27H,4-10,15H2,1-3H3;2*1-2H3. The van der Waals surface area contributed by atoms with E-state index in [4.69, 9.17) is 0 Å². The first-order valence-corrected chi connectivity index (χ1v) is 26.7. The zero-order valence-corrected chi connectivity index (χ0v) is 42.6. The van der Waals surface area contributed by atoms with Crippen LogP contribution >= 0.6 is 0 Å². The zero-order valence-electron chi connectivity index (χ0n) is 42.6. The Kier molecular flexibility index (Phi) is 20.5. The Morgan fingerprint density at radius 3 is 1.91 bits per heavy atom. The van der Waals surface area contributed by atoms with Crippen LogP contribution in [0.3, 0.4) is 0 Å². The third kappa shape index (κ3) is 12.4. The number of hydrogen-bond acceptors (Lipinski definition) is 8. The zero-order chi connectivity index (χ0) is 48.1. The number of aliphatic hydroxyl groups excluding tert-OH is 1. The van der Waals surface area contributed by atoms with Crippen molar-refractivity contribution in [1.82, 2.24) is 15.5 Å². The molecule has 1 aromatic rings. The highest BCUT2D eigenvalue weighted by Crippen LogP contribution is 2.49. The Labute approximate surface area is 399 Å². The lowest BCUT2D eigenvalue weighted by molar-refractivity contribution is -0.136. The summed E-state index contributed by atoms with van der Waals surface area (Å²) in [5.74, 6) is 0.229. The van der Waals surface area contributed by atoms with Gasteiger partial charge in [0.1, 0.15) is 5.70 Å². The van der Waals surface area contributed by atoms with Gasteiger partial charge in [-0.15, -0.1) is 0 Å². The van der Waals surface area contributed by atoms with E-state index in [-0.39, 0.29) is 47.2 Å². The average molecular weight is 906 g/mol. The highest BCUT2D eigenvalue weighted by molar-refractivity contribution is 6.17. The van der Waals surface area contributed by atoms with Crippen molar-refractivity contribution in [2.24, 2.45) is 41.4 Å². The molecule has 8 nitrogen and oxygen atoms in total. The Morgan fingerprint density at radius 2 is 1.33 bits per heavy atom. The van der Waals surface area contributed by atoms with Gasteiger partial charge in [0.05, 0.1) is 29.6 Å². The maximum Gasteiger partial charge on any atom is 0.191 e. The maximum absolute atomic E-state index is 13.6. The highest BCUT2D eigenvalue weighted by Gasteiger charge is 2.49. The molecule has 8 heteroatoms. The molecular formula is C58H87N3O5. The number of allylic oxidation sites excluding steroid dienone is 8. The van der Waals surface area contributed by atoms with Crippen LogP contribution in [0.2, 0.25) is 0 Å². The summed E-state index contributed by atoms with van der Waals surface area (Å²) >= 11 is 0. The largest absolute Gasteiger partial charge is 0.389 e. The van der Waals surface area contributed by atoms with E-state index in [0.717, 1.165) is 48.2 Å². The SMILES string of the molecule is CC.CC.CCC1C(=O)C2=C(C=C(CC3CCCCC3)C2CC2=CCC(O)C=C2)C(CC(C)C)C1=O.CCC1C(=O)C2=C(NC(NC3CCCCC3)N2Cc2ccc(C)cc2)C(CC)C1=O. The van der Waals surface area contributed by atoms with Crippen molar-refractivity contribution in [3.8, 4) is 0 Å². The van der Waals surface area contributed by atoms with Gasteiger partial charge in [0.25, 0.3) is 0 Å². The molecule has 1 aromatic carbocycles. The summed E-state index contributed by atoms with van der Waals surface area (Å²) in [6, 6.07) is 8.96. The van der Waals surface area contributed by atoms with Gasteiger partial charge in [-0.3, -0.25) is 24.5 Å². The van der Waals surface area contributed by atoms with Gasteiger partial charge >= 0.3 is 0 Å². The van der Waals surface area contributed by atoms with E-state index in [9.17, 15) is 24.3 Å². The molecule has 7 aliphatic rings. The Hall–Kier alpha value is -3.88. The second kappa shape index (κ2) is 25.5. The minimum atomic E-state index is -0.510. The number of carbonyl (C=O) groups is 4. The number of Topliss-reactive ketones (excluding diaryl/α,β-unsaturated/α-hetero) is 4. The van der Waals surface area contributed by atoms with E-state index in [1.54, 1.807) is 0 Å². The summed E-state index contributed by atoms with van der Waals surface area (Å²) in [5, 5.41) is 17.2. The van der Waals surface area contributed by atoms with Gasteiger partial charge < -0.3 is 15.3 Å². The lowest BCUT2D eigenvalue weighted by atomic mass is 9.69.